The number of nitrogens with one attached hydrogen (secondary N) is 2. The summed E-state index contributed by atoms with van der Waals surface area (Å²) in [7, 11) is 0. The van der Waals surface area contributed by atoms with Crippen molar-refractivity contribution in [3.8, 4) is 0 Å². The normalized spacial score (nSPS) is 32.9. The molecule has 3 amide bonds. The van der Waals surface area contributed by atoms with Crippen LogP contribution in [0.5, 0.6) is 0 Å². The number of hydrogen-bond acceptors (Lipinski definition) is 5. The molecule has 2 N–H and O–H groups in total. The number of rotatable bonds is 3. The Balaban J connectivity index is 1.16. The van der Waals surface area contributed by atoms with Gasteiger partial charge in [-0.05, 0) is 74.8 Å². The van der Waals surface area contributed by atoms with E-state index >= 15 is 0 Å². The van der Waals surface area contributed by atoms with Gasteiger partial charge in [-0.2, -0.15) is 0 Å². The molecule has 0 spiro atoms. The van der Waals surface area contributed by atoms with E-state index in [0.29, 0.717) is 0 Å². The van der Waals surface area contributed by atoms with Crippen molar-refractivity contribution in [2.45, 2.75) is 62.0 Å². The van der Waals surface area contributed by atoms with E-state index in [9.17, 15) is 9.59 Å². The van der Waals surface area contributed by atoms with Gasteiger partial charge in [0.05, 0.1) is 10.9 Å². The summed E-state index contributed by atoms with van der Waals surface area (Å²) in [6.45, 7) is 1.83. The Bertz CT molecular complexity index is 834. The highest BCUT2D eigenvalue weighted by Crippen LogP contribution is 2.55. The van der Waals surface area contributed by atoms with Crippen LogP contribution in [0, 0.1) is 17.8 Å². The third kappa shape index (κ3) is 4.08. The number of imide groups is 1. The number of urea groups is 1. The van der Waals surface area contributed by atoms with Crippen molar-refractivity contribution in [1.29, 1.82) is 0 Å². The molecule has 0 aromatic heterocycles. The maximum Gasteiger partial charge on any atom is 0.321 e. The molecule has 1 aromatic carbocycles. The Hall–Kier alpha value is -1.47. The molecule has 1 atom stereocenters. The highest BCUT2D eigenvalue weighted by Gasteiger charge is 2.51. The summed E-state index contributed by atoms with van der Waals surface area (Å²) in [5.41, 5.74) is 2.11. The second kappa shape index (κ2) is 7.65. The summed E-state index contributed by atoms with van der Waals surface area (Å²) in [6, 6.07) is 7.75. The van der Waals surface area contributed by atoms with E-state index in [0.717, 1.165) is 52.8 Å². The van der Waals surface area contributed by atoms with Crippen molar-refractivity contribution in [3.63, 3.8) is 0 Å². The van der Waals surface area contributed by atoms with Crippen LogP contribution in [0.15, 0.2) is 29.3 Å². The zero-order chi connectivity index (χ0) is 20.0. The highest BCUT2D eigenvalue weighted by atomic mass is 32.2. The second-order valence-corrected chi connectivity index (χ2v) is 11.7. The van der Waals surface area contributed by atoms with E-state index in [1.807, 2.05) is 25.1 Å². The maximum absolute atomic E-state index is 12.6. The number of aliphatic imine (C=N–C) groups is 1. The molecule has 1 aromatic rings. The number of nitrogens with zero attached hydrogens (tertiary/aromatic N) is 1. The van der Waals surface area contributed by atoms with Crippen molar-refractivity contribution < 1.29 is 9.59 Å². The van der Waals surface area contributed by atoms with Gasteiger partial charge in [0.2, 0.25) is 5.91 Å². The van der Waals surface area contributed by atoms with Crippen LogP contribution < -0.4 is 10.6 Å². The maximum atomic E-state index is 12.6. The first-order valence-electron chi connectivity index (χ1n) is 10.6. The summed E-state index contributed by atoms with van der Waals surface area (Å²) in [5.74, 6) is 2.89. The van der Waals surface area contributed by atoms with Crippen LogP contribution in [-0.4, -0.2) is 27.1 Å². The minimum atomic E-state index is -0.367. The molecule has 4 fully saturated rings. The Morgan fingerprint density at radius 1 is 1.14 bits per heavy atom. The lowest BCUT2D eigenvalue weighted by Crippen LogP contribution is -2.62. The molecule has 1 unspecified atom stereocenters. The fourth-order valence-electron chi connectivity index (χ4n) is 6.03. The molecule has 7 heteroatoms. The summed E-state index contributed by atoms with van der Waals surface area (Å²) < 4.78 is 0.882. The first-order chi connectivity index (χ1) is 14.0. The molecule has 5 nitrogen and oxygen atoms in total. The van der Waals surface area contributed by atoms with Crippen LogP contribution in [0.2, 0.25) is 0 Å². The van der Waals surface area contributed by atoms with E-state index in [1.165, 1.54) is 36.6 Å². The van der Waals surface area contributed by atoms with Crippen LogP contribution in [0.25, 0.3) is 0 Å². The zero-order valence-corrected chi connectivity index (χ0v) is 18.3. The molecule has 4 saturated carbocycles. The Morgan fingerprint density at radius 3 is 2.48 bits per heavy atom. The van der Waals surface area contributed by atoms with Crippen molar-refractivity contribution in [3.05, 3.63) is 29.8 Å². The van der Waals surface area contributed by atoms with Crippen LogP contribution >= 0.6 is 23.5 Å². The Morgan fingerprint density at radius 2 is 1.79 bits per heavy atom. The summed E-state index contributed by atoms with van der Waals surface area (Å²) in [5, 5.41) is 5.43. The standard InChI is InChI=1S/C22H27N3O2S2/c1-13(29-21-23-18-5-3-2-4-17(18)12-28-21)19(26)24-20(27)25-22-9-14-6-15(10-22)8-16(7-14)11-22/h2-5,13-16H,6-12H2,1H3,(H2,24,25,26,27). The van der Waals surface area contributed by atoms with Crippen molar-refractivity contribution >= 4 is 45.5 Å². The zero-order valence-electron chi connectivity index (χ0n) is 16.6. The number of carbonyl (C=O) groups excluding carboxylic acids is 2. The molecular weight excluding hydrogens is 402 g/mol. The van der Waals surface area contributed by atoms with Gasteiger partial charge < -0.3 is 5.32 Å². The van der Waals surface area contributed by atoms with Gasteiger partial charge in [-0.1, -0.05) is 41.7 Å². The molecule has 5 aliphatic rings. The average Bonchev–Trinajstić information content (AvgIpc) is 2.66. The van der Waals surface area contributed by atoms with Crippen LogP contribution in [0.3, 0.4) is 0 Å². The van der Waals surface area contributed by atoms with Gasteiger partial charge in [0, 0.05) is 11.3 Å². The largest absolute Gasteiger partial charge is 0.332 e. The number of para-hydroxylation sites is 1. The van der Waals surface area contributed by atoms with Gasteiger partial charge in [0.25, 0.3) is 0 Å². The molecule has 0 saturated heterocycles. The smallest absolute Gasteiger partial charge is 0.321 e. The minimum Gasteiger partial charge on any atom is -0.332 e. The molecule has 1 aliphatic heterocycles. The van der Waals surface area contributed by atoms with Crippen molar-refractivity contribution in [1.82, 2.24) is 10.6 Å². The molecule has 4 bridgehead atoms. The lowest BCUT2D eigenvalue weighted by molar-refractivity contribution is -0.119. The number of carbonyl (C=O) groups is 2. The quantitative estimate of drug-likeness (QED) is 0.721. The average molecular weight is 430 g/mol. The molecule has 0 radical (unpaired) electrons. The number of hydrogen-bond donors (Lipinski definition) is 2. The van der Waals surface area contributed by atoms with Gasteiger partial charge in [0.15, 0.2) is 0 Å². The van der Waals surface area contributed by atoms with E-state index in [1.54, 1.807) is 11.8 Å². The van der Waals surface area contributed by atoms with Crippen LogP contribution in [-0.2, 0) is 10.5 Å². The number of thioether (sulfide) groups is 2. The predicted octanol–water partition coefficient (Wildman–Crippen LogP) is 4.84. The van der Waals surface area contributed by atoms with Crippen LogP contribution in [0.4, 0.5) is 10.5 Å². The SMILES string of the molecule is CC(SC1=Nc2ccccc2CS1)C(=O)NC(=O)NC12CC3CC(CC(C3)C1)C2. The second-order valence-electron chi connectivity index (χ2n) is 9.20. The lowest BCUT2D eigenvalue weighted by Gasteiger charge is -2.56. The van der Waals surface area contributed by atoms with Crippen LogP contribution in [0.1, 0.15) is 51.0 Å². The Labute approximate surface area is 180 Å². The lowest BCUT2D eigenvalue weighted by atomic mass is 9.53. The fourth-order valence-corrected chi connectivity index (χ4v) is 8.21. The molecule has 154 valence electrons. The molecule has 6 rings (SSSR count). The Kier molecular flexibility index (Phi) is 5.14. The highest BCUT2D eigenvalue weighted by molar-refractivity contribution is 8.39. The predicted molar refractivity (Wildman–Crippen MR) is 119 cm³/mol. The first kappa shape index (κ1) is 19.5. The van der Waals surface area contributed by atoms with E-state index in [2.05, 4.69) is 21.7 Å². The van der Waals surface area contributed by atoms with Gasteiger partial charge in [-0.15, -0.1) is 0 Å². The summed E-state index contributed by atoms with van der Waals surface area (Å²) >= 11 is 3.07. The van der Waals surface area contributed by atoms with Crippen molar-refractivity contribution in [2.75, 3.05) is 0 Å². The number of amides is 3. The third-order valence-electron chi connectivity index (χ3n) is 6.85. The topological polar surface area (TPSA) is 70.6 Å². The van der Waals surface area contributed by atoms with Gasteiger partial charge in [-0.3, -0.25) is 10.1 Å². The first-order valence-corrected chi connectivity index (χ1v) is 12.4. The molecule has 1 heterocycles. The van der Waals surface area contributed by atoms with E-state index in [4.69, 9.17) is 0 Å². The van der Waals surface area contributed by atoms with E-state index in [-0.39, 0.29) is 22.7 Å². The molecule has 29 heavy (non-hydrogen) atoms. The van der Waals surface area contributed by atoms with E-state index < -0.39 is 0 Å². The monoisotopic (exact) mass is 429 g/mol. The number of benzene rings is 1. The van der Waals surface area contributed by atoms with Crippen molar-refractivity contribution in [2.24, 2.45) is 22.7 Å². The minimum absolute atomic E-state index is 0.0808. The van der Waals surface area contributed by atoms with Gasteiger partial charge >= 0.3 is 6.03 Å². The molecular formula is C22H27N3O2S2. The number of fused-ring (bicyclic) bond motifs is 1. The third-order valence-corrected chi connectivity index (χ3v) is 9.15. The fraction of sp³-hybridized carbons (Fsp3) is 0.591. The summed E-state index contributed by atoms with van der Waals surface area (Å²) in [4.78, 5) is 29.9. The van der Waals surface area contributed by atoms with Gasteiger partial charge in [-0.25, -0.2) is 9.79 Å². The molecule has 4 aliphatic carbocycles. The summed E-state index contributed by atoms with van der Waals surface area (Å²) in [6.07, 6.45) is 7.24. The van der Waals surface area contributed by atoms with Gasteiger partial charge in [0.1, 0.15) is 4.38 Å².